The molecule has 0 aromatic heterocycles. The van der Waals surface area contributed by atoms with Gasteiger partial charge in [0.05, 0.1) is 12.8 Å². The molecule has 3 N–H and O–H groups in total. The number of carbonyl (C=O) groups is 3. The highest BCUT2D eigenvalue weighted by Gasteiger charge is 2.21. The van der Waals surface area contributed by atoms with Crippen LogP contribution in [0, 0.1) is 0 Å². The maximum absolute atomic E-state index is 12.6. The van der Waals surface area contributed by atoms with Gasteiger partial charge in [-0.2, -0.15) is 0 Å². The molecule has 0 saturated carbocycles. The summed E-state index contributed by atoms with van der Waals surface area (Å²) in [5.41, 5.74) is 1.67. The fourth-order valence-electron chi connectivity index (χ4n) is 3.96. The van der Waals surface area contributed by atoms with E-state index in [1.165, 1.54) is 0 Å². The summed E-state index contributed by atoms with van der Waals surface area (Å²) in [4.78, 5) is 36.7. The normalized spacial score (nSPS) is 11.8. The van der Waals surface area contributed by atoms with Gasteiger partial charge in [-0.3, -0.25) is 9.59 Å². The highest BCUT2D eigenvalue weighted by Crippen LogP contribution is 2.20. The second-order valence-corrected chi connectivity index (χ2v) is 7.89. The molecule has 33 heavy (non-hydrogen) atoms. The first-order valence-electron chi connectivity index (χ1n) is 10.7. The van der Waals surface area contributed by atoms with E-state index in [0.717, 1.165) is 32.7 Å². The highest BCUT2D eigenvalue weighted by atomic mass is 16.4. The number of rotatable bonds is 8. The third-order valence-corrected chi connectivity index (χ3v) is 5.60. The van der Waals surface area contributed by atoms with Crippen molar-refractivity contribution in [3.63, 3.8) is 0 Å². The van der Waals surface area contributed by atoms with Gasteiger partial charge in [-0.15, -0.1) is 0 Å². The number of amides is 2. The molecule has 6 nitrogen and oxygen atoms in total. The van der Waals surface area contributed by atoms with Crippen LogP contribution >= 0.6 is 0 Å². The van der Waals surface area contributed by atoms with Crippen LogP contribution < -0.4 is 10.6 Å². The lowest BCUT2D eigenvalue weighted by Gasteiger charge is -2.16. The van der Waals surface area contributed by atoms with Gasteiger partial charge < -0.3 is 15.7 Å². The lowest BCUT2D eigenvalue weighted by molar-refractivity contribution is -0.141. The molecule has 0 radical (unpaired) electrons. The molecule has 0 bridgehead atoms. The Labute approximate surface area is 191 Å². The van der Waals surface area contributed by atoms with E-state index in [-0.39, 0.29) is 25.3 Å². The molecule has 4 aromatic rings. The van der Waals surface area contributed by atoms with Gasteiger partial charge in [-0.1, -0.05) is 84.9 Å². The van der Waals surface area contributed by atoms with Crippen LogP contribution in [0.15, 0.2) is 84.9 Å². The average Bonchev–Trinajstić information content (AvgIpc) is 2.82. The Morgan fingerprint density at radius 2 is 1.15 bits per heavy atom. The minimum absolute atomic E-state index is 0.0507. The molecule has 0 spiro atoms. The lowest BCUT2D eigenvalue weighted by atomic mass is 10.0. The summed E-state index contributed by atoms with van der Waals surface area (Å²) >= 11 is 0. The van der Waals surface area contributed by atoms with Crippen LogP contribution in [0.3, 0.4) is 0 Å². The van der Waals surface area contributed by atoms with E-state index in [0.29, 0.717) is 0 Å². The summed E-state index contributed by atoms with van der Waals surface area (Å²) < 4.78 is 0. The molecule has 6 heteroatoms. The first kappa shape index (κ1) is 22.0. The van der Waals surface area contributed by atoms with Crippen LogP contribution in [-0.2, 0) is 27.2 Å². The number of carboxylic acid groups (broad SMARTS) is 1. The summed E-state index contributed by atoms with van der Waals surface area (Å²) in [5.74, 6) is -1.92. The summed E-state index contributed by atoms with van der Waals surface area (Å²) in [7, 11) is 0. The highest BCUT2D eigenvalue weighted by molar-refractivity contribution is 5.92. The molecule has 2 amide bonds. The van der Waals surface area contributed by atoms with Crippen molar-refractivity contribution >= 4 is 39.3 Å². The summed E-state index contributed by atoms with van der Waals surface area (Å²) in [6.07, 6.45) is 0.173. The number of hydrogen-bond donors (Lipinski definition) is 3. The Balaban J connectivity index is 1.37. The third-order valence-electron chi connectivity index (χ3n) is 5.60. The van der Waals surface area contributed by atoms with Gasteiger partial charge in [-0.05, 0) is 32.7 Å². The van der Waals surface area contributed by atoms with Crippen molar-refractivity contribution in [2.45, 2.75) is 18.9 Å². The molecule has 1 atom stereocenters. The van der Waals surface area contributed by atoms with E-state index in [2.05, 4.69) is 10.6 Å². The zero-order valence-corrected chi connectivity index (χ0v) is 18.0. The Bertz CT molecular complexity index is 1320. The zero-order chi connectivity index (χ0) is 23.2. The number of nitrogens with one attached hydrogen (secondary N) is 2. The second kappa shape index (κ2) is 9.96. The Hall–Kier alpha value is -4.19. The predicted molar refractivity (Wildman–Crippen MR) is 128 cm³/mol. The Kier molecular flexibility index (Phi) is 6.64. The molecule has 4 rings (SSSR count). The van der Waals surface area contributed by atoms with E-state index >= 15 is 0 Å². The number of aliphatic carboxylic acids is 1. The second-order valence-electron chi connectivity index (χ2n) is 7.89. The largest absolute Gasteiger partial charge is 0.480 e. The molecular weight excluding hydrogens is 416 g/mol. The van der Waals surface area contributed by atoms with Crippen molar-refractivity contribution in [2.75, 3.05) is 6.54 Å². The van der Waals surface area contributed by atoms with Crippen molar-refractivity contribution in [1.82, 2.24) is 10.6 Å². The average molecular weight is 440 g/mol. The first-order chi connectivity index (χ1) is 16.0. The van der Waals surface area contributed by atoms with E-state index in [9.17, 15) is 19.5 Å². The zero-order valence-electron chi connectivity index (χ0n) is 18.0. The predicted octanol–water partition coefficient (Wildman–Crippen LogP) is 3.46. The number of carboxylic acids is 1. The van der Waals surface area contributed by atoms with Crippen LogP contribution in [0.25, 0.3) is 21.5 Å². The molecular formula is C27H24N2O4. The molecule has 4 aromatic carbocycles. The van der Waals surface area contributed by atoms with Crippen molar-refractivity contribution in [2.24, 2.45) is 0 Å². The Morgan fingerprint density at radius 1 is 0.667 bits per heavy atom. The van der Waals surface area contributed by atoms with E-state index in [1.807, 2.05) is 84.9 Å². The smallest absolute Gasteiger partial charge is 0.328 e. The van der Waals surface area contributed by atoms with Gasteiger partial charge in [0.25, 0.3) is 0 Å². The van der Waals surface area contributed by atoms with Crippen molar-refractivity contribution in [3.8, 4) is 0 Å². The Morgan fingerprint density at radius 3 is 1.70 bits per heavy atom. The minimum atomic E-state index is -1.22. The molecule has 0 heterocycles. The topological polar surface area (TPSA) is 95.5 Å². The van der Waals surface area contributed by atoms with Gasteiger partial charge >= 0.3 is 5.97 Å². The number of hydrogen-bond acceptors (Lipinski definition) is 3. The van der Waals surface area contributed by atoms with Gasteiger partial charge in [-0.25, -0.2) is 4.79 Å². The minimum Gasteiger partial charge on any atom is -0.480 e. The van der Waals surface area contributed by atoms with Gasteiger partial charge in [0.15, 0.2) is 0 Å². The number of carbonyl (C=O) groups excluding carboxylic acids is 2. The van der Waals surface area contributed by atoms with Crippen LogP contribution in [-0.4, -0.2) is 35.5 Å². The van der Waals surface area contributed by atoms with Crippen LogP contribution in [0.2, 0.25) is 0 Å². The SMILES string of the molecule is O=C(Cc1cccc2ccccc12)NC[C@H](NC(=O)Cc1cccc2ccccc12)C(=O)O. The molecule has 0 aliphatic carbocycles. The van der Waals surface area contributed by atoms with E-state index in [4.69, 9.17) is 0 Å². The summed E-state index contributed by atoms with van der Waals surface area (Å²) in [6, 6.07) is 25.7. The fourth-order valence-corrected chi connectivity index (χ4v) is 3.96. The summed E-state index contributed by atoms with van der Waals surface area (Å²) in [6.45, 7) is -0.194. The summed E-state index contributed by atoms with van der Waals surface area (Å²) in [5, 5.41) is 18.7. The van der Waals surface area contributed by atoms with Gasteiger partial charge in [0, 0.05) is 6.54 Å². The molecule has 0 fully saturated rings. The van der Waals surface area contributed by atoms with Gasteiger partial charge in [0.2, 0.25) is 11.8 Å². The molecule has 0 unspecified atom stereocenters. The van der Waals surface area contributed by atoms with Gasteiger partial charge in [0.1, 0.15) is 6.04 Å². The van der Waals surface area contributed by atoms with E-state index in [1.54, 1.807) is 0 Å². The molecule has 0 saturated heterocycles. The maximum Gasteiger partial charge on any atom is 0.328 e. The molecule has 166 valence electrons. The van der Waals surface area contributed by atoms with Crippen LogP contribution in [0.1, 0.15) is 11.1 Å². The first-order valence-corrected chi connectivity index (χ1v) is 10.7. The third kappa shape index (κ3) is 5.36. The van der Waals surface area contributed by atoms with Crippen LogP contribution in [0.4, 0.5) is 0 Å². The standard InChI is InChI=1S/C27H24N2O4/c30-25(15-20-11-5-9-18-7-1-3-13-22(18)20)28-17-24(27(32)33)29-26(31)16-21-12-6-10-19-8-2-4-14-23(19)21/h1-14,24H,15-17H2,(H,28,30)(H,29,31)(H,32,33)/t24-/m0/s1. The lowest BCUT2D eigenvalue weighted by Crippen LogP contribution is -2.49. The number of fused-ring (bicyclic) bond motifs is 2. The fraction of sp³-hybridized carbons (Fsp3) is 0.148. The van der Waals surface area contributed by atoms with Crippen molar-refractivity contribution < 1.29 is 19.5 Å². The molecule has 0 aliphatic heterocycles. The monoisotopic (exact) mass is 440 g/mol. The van der Waals surface area contributed by atoms with Crippen LogP contribution in [0.5, 0.6) is 0 Å². The number of benzene rings is 4. The quantitative estimate of drug-likeness (QED) is 0.391. The maximum atomic E-state index is 12.6. The van der Waals surface area contributed by atoms with Crippen molar-refractivity contribution in [1.29, 1.82) is 0 Å². The molecule has 0 aliphatic rings. The van der Waals surface area contributed by atoms with E-state index < -0.39 is 17.9 Å². The van der Waals surface area contributed by atoms with Crippen molar-refractivity contribution in [3.05, 3.63) is 96.1 Å².